The summed E-state index contributed by atoms with van der Waals surface area (Å²) in [6.45, 7) is 2.76. The maximum absolute atomic E-state index is 5.34. The molecule has 1 saturated heterocycles. The van der Waals surface area contributed by atoms with Gasteiger partial charge in [0.25, 0.3) is 0 Å². The standard InChI is InChI=1S/C9H17NO/c1-11-8-2-4-9(5-3-8)6-10-7-9/h8,10H,2-7H2,1H3/p+1. The third kappa shape index (κ3) is 1.30. The van der Waals surface area contributed by atoms with Crippen LogP contribution >= 0.6 is 0 Å². The minimum Gasteiger partial charge on any atom is -0.381 e. The zero-order valence-corrected chi connectivity index (χ0v) is 7.31. The number of ether oxygens (including phenoxy) is 1. The first-order valence-corrected chi connectivity index (χ1v) is 4.69. The van der Waals surface area contributed by atoms with Gasteiger partial charge in [0.1, 0.15) is 0 Å². The Morgan fingerprint density at radius 2 is 1.91 bits per heavy atom. The van der Waals surface area contributed by atoms with Crippen LogP contribution in [-0.4, -0.2) is 26.3 Å². The second-order valence-corrected chi connectivity index (χ2v) is 4.13. The van der Waals surface area contributed by atoms with Crippen LogP contribution in [0.2, 0.25) is 0 Å². The summed E-state index contributed by atoms with van der Waals surface area (Å²) in [6, 6.07) is 0. The monoisotopic (exact) mass is 156 g/mol. The smallest absolute Gasteiger partial charge is 0.0867 e. The minimum absolute atomic E-state index is 0.571. The zero-order chi connectivity index (χ0) is 7.73. The van der Waals surface area contributed by atoms with E-state index in [2.05, 4.69) is 5.32 Å². The molecule has 0 bridgehead atoms. The third-order valence-electron chi connectivity index (χ3n) is 3.48. The van der Waals surface area contributed by atoms with Gasteiger partial charge in [0, 0.05) is 7.11 Å². The van der Waals surface area contributed by atoms with Crippen LogP contribution in [0.1, 0.15) is 25.7 Å². The van der Waals surface area contributed by atoms with Crippen molar-refractivity contribution in [3.8, 4) is 0 Å². The molecule has 0 radical (unpaired) electrons. The molecule has 2 N–H and O–H groups in total. The Balaban J connectivity index is 1.84. The highest BCUT2D eigenvalue weighted by atomic mass is 16.5. The first kappa shape index (κ1) is 7.56. The molecule has 1 heterocycles. The van der Waals surface area contributed by atoms with E-state index in [4.69, 9.17) is 4.74 Å². The molecule has 2 fully saturated rings. The predicted molar refractivity (Wildman–Crippen MR) is 43.4 cm³/mol. The summed E-state index contributed by atoms with van der Waals surface area (Å²) in [4.78, 5) is 0. The van der Waals surface area contributed by atoms with E-state index in [1.165, 1.54) is 38.8 Å². The summed E-state index contributed by atoms with van der Waals surface area (Å²) in [5, 5.41) is 2.42. The van der Waals surface area contributed by atoms with E-state index in [0.29, 0.717) is 6.10 Å². The normalized spacial score (nSPS) is 30.3. The fourth-order valence-electron chi connectivity index (χ4n) is 2.40. The van der Waals surface area contributed by atoms with Gasteiger partial charge in [0.05, 0.1) is 24.6 Å². The second kappa shape index (κ2) is 2.76. The van der Waals surface area contributed by atoms with Crippen LogP contribution in [0.5, 0.6) is 0 Å². The molecule has 0 aromatic heterocycles. The topological polar surface area (TPSA) is 25.8 Å². The molecule has 2 rings (SSSR count). The van der Waals surface area contributed by atoms with Gasteiger partial charge in [-0.15, -0.1) is 0 Å². The van der Waals surface area contributed by atoms with Crippen molar-refractivity contribution < 1.29 is 10.1 Å². The minimum atomic E-state index is 0.571. The fraction of sp³-hybridized carbons (Fsp3) is 1.00. The number of hydrogen-bond acceptors (Lipinski definition) is 1. The Morgan fingerprint density at radius 3 is 2.27 bits per heavy atom. The Hall–Kier alpha value is -0.0800. The Bertz CT molecular complexity index is 132. The molecule has 64 valence electrons. The number of methoxy groups -OCH3 is 1. The van der Waals surface area contributed by atoms with Gasteiger partial charge in [-0.3, -0.25) is 0 Å². The Kier molecular flexibility index (Phi) is 1.90. The van der Waals surface area contributed by atoms with Gasteiger partial charge in [-0.05, 0) is 25.7 Å². The molecule has 1 saturated carbocycles. The first-order valence-electron chi connectivity index (χ1n) is 4.69. The van der Waals surface area contributed by atoms with Gasteiger partial charge in [-0.25, -0.2) is 0 Å². The highest BCUT2D eigenvalue weighted by Gasteiger charge is 2.44. The van der Waals surface area contributed by atoms with E-state index in [1.807, 2.05) is 7.11 Å². The molecule has 0 aromatic rings. The number of hydrogen-bond donors (Lipinski definition) is 1. The third-order valence-corrected chi connectivity index (χ3v) is 3.48. The van der Waals surface area contributed by atoms with Gasteiger partial charge in [0.2, 0.25) is 0 Å². The number of quaternary nitrogens is 1. The Labute approximate surface area is 68.3 Å². The first-order chi connectivity index (χ1) is 5.35. The molecule has 2 nitrogen and oxygen atoms in total. The molecule has 1 aliphatic carbocycles. The molecule has 1 aliphatic heterocycles. The van der Waals surface area contributed by atoms with Gasteiger partial charge < -0.3 is 10.1 Å². The van der Waals surface area contributed by atoms with Gasteiger partial charge in [-0.2, -0.15) is 0 Å². The van der Waals surface area contributed by atoms with Crippen LogP contribution in [0.15, 0.2) is 0 Å². The van der Waals surface area contributed by atoms with E-state index in [-0.39, 0.29) is 0 Å². The van der Waals surface area contributed by atoms with Crippen molar-refractivity contribution in [2.24, 2.45) is 5.41 Å². The van der Waals surface area contributed by atoms with Crippen LogP contribution in [0.4, 0.5) is 0 Å². The lowest BCUT2D eigenvalue weighted by Gasteiger charge is -2.43. The van der Waals surface area contributed by atoms with Crippen molar-refractivity contribution in [1.82, 2.24) is 0 Å². The van der Waals surface area contributed by atoms with E-state index in [9.17, 15) is 0 Å². The lowest BCUT2D eigenvalue weighted by atomic mass is 9.69. The summed E-state index contributed by atoms with van der Waals surface area (Å²) < 4.78 is 5.34. The van der Waals surface area contributed by atoms with Crippen molar-refractivity contribution in [3.05, 3.63) is 0 Å². The average molecular weight is 156 g/mol. The largest absolute Gasteiger partial charge is 0.381 e. The molecule has 11 heavy (non-hydrogen) atoms. The van der Waals surface area contributed by atoms with E-state index >= 15 is 0 Å². The summed E-state index contributed by atoms with van der Waals surface area (Å²) in [7, 11) is 1.84. The molecular weight excluding hydrogens is 138 g/mol. The molecule has 1 spiro atoms. The quantitative estimate of drug-likeness (QED) is 0.574. The van der Waals surface area contributed by atoms with Gasteiger partial charge in [-0.1, -0.05) is 0 Å². The summed E-state index contributed by atoms with van der Waals surface area (Å²) in [6.07, 6.45) is 5.97. The summed E-state index contributed by atoms with van der Waals surface area (Å²) in [5.74, 6) is 0. The summed E-state index contributed by atoms with van der Waals surface area (Å²) >= 11 is 0. The highest BCUT2D eigenvalue weighted by Crippen LogP contribution is 2.37. The molecule has 0 atom stereocenters. The van der Waals surface area contributed by atoms with Crippen LogP contribution in [0.3, 0.4) is 0 Å². The van der Waals surface area contributed by atoms with Crippen LogP contribution in [0.25, 0.3) is 0 Å². The van der Waals surface area contributed by atoms with Crippen LogP contribution in [-0.2, 0) is 4.74 Å². The van der Waals surface area contributed by atoms with Crippen LogP contribution < -0.4 is 5.32 Å². The molecule has 0 aromatic carbocycles. The molecule has 0 amide bonds. The predicted octanol–water partition coefficient (Wildman–Crippen LogP) is 0.139. The van der Waals surface area contributed by atoms with Gasteiger partial charge >= 0.3 is 0 Å². The van der Waals surface area contributed by atoms with Gasteiger partial charge in [0.15, 0.2) is 0 Å². The molecule has 2 heteroatoms. The lowest BCUT2D eigenvalue weighted by molar-refractivity contribution is -0.743. The molecular formula is C9H18NO+. The van der Waals surface area contributed by atoms with E-state index in [0.717, 1.165) is 5.41 Å². The zero-order valence-electron chi connectivity index (χ0n) is 7.31. The SMILES string of the molecule is COC1CCC2(CC1)C[NH2+]C2. The second-order valence-electron chi connectivity index (χ2n) is 4.13. The number of nitrogens with two attached hydrogens (primary N) is 1. The Morgan fingerprint density at radius 1 is 1.27 bits per heavy atom. The van der Waals surface area contributed by atoms with Crippen LogP contribution in [0, 0.1) is 5.41 Å². The number of rotatable bonds is 1. The van der Waals surface area contributed by atoms with Crippen molar-refractivity contribution in [3.63, 3.8) is 0 Å². The molecule has 0 unspecified atom stereocenters. The van der Waals surface area contributed by atoms with Crippen molar-refractivity contribution in [2.45, 2.75) is 31.8 Å². The van der Waals surface area contributed by atoms with E-state index in [1.54, 1.807) is 0 Å². The van der Waals surface area contributed by atoms with Crippen molar-refractivity contribution >= 4 is 0 Å². The lowest BCUT2D eigenvalue weighted by Crippen LogP contribution is -3.00. The van der Waals surface area contributed by atoms with Crippen molar-refractivity contribution in [1.29, 1.82) is 0 Å². The van der Waals surface area contributed by atoms with Crippen molar-refractivity contribution in [2.75, 3.05) is 20.2 Å². The van der Waals surface area contributed by atoms with E-state index < -0.39 is 0 Å². The maximum atomic E-state index is 5.34. The average Bonchev–Trinajstić information content (AvgIpc) is 2.02. The maximum Gasteiger partial charge on any atom is 0.0867 e. The highest BCUT2D eigenvalue weighted by molar-refractivity contribution is 4.87. The summed E-state index contributed by atoms with van der Waals surface area (Å²) in [5.41, 5.74) is 0.745. The molecule has 2 aliphatic rings. The fourth-order valence-corrected chi connectivity index (χ4v) is 2.40.